The zero-order chi connectivity index (χ0) is 23.4. The third kappa shape index (κ3) is 5.40. The highest BCUT2D eigenvalue weighted by atomic mass is 32.2. The second-order valence-electron chi connectivity index (χ2n) is 7.77. The van der Waals surface area contributed by atoms with E-state index in [1.165, 1.54) is 40.5 Å². The van der Waals surface area contributed by atoms with E-state index in [1.807, 2.05) is 0 Å². The summed E-state index contributed by atoms with van der Waals surface area (Å²) >= 11 is 1.22. The number of hydrogen-bond acceptors (Lipinski definition) is 7. The van der Waals surface area contributed by atoms with E-state index >= 15 is 0 Å². The Morgan fingerprint density at radius 3 is 2.73 bits per heavy atom. The summed E-state index contributed by atoms with van der Waals surface area (Å²) in [5.74, 6) is -0.902. The van der Waals surface area contributed by atoms with Crippen LogP contribution in [0.1, 0.15) is 23.7 Å². The third-order valence-electron chi connectivity index (χ3n) is 5.61. The van der Waals surface area contributed by atoms with Gasteiger partial charge in [-0.3, -0.25) is 14.6 Å². The Kier molecular flexibility index (Phi) is 7.38. The van der Waals surface area contributed by atoms with Crippen LogP contribution in [-0.2, 0) is 14.6 Å². The Morgan fingerprint density at radius 1 is 1.21 bits per heavy atom. The second-order valence-corrected chi connectivity index (χ2v) is 11.0. The number of aromatic nitrogens is 1. The number of benzene rings is 2. The lowest BCUT2D eigenvalue weighted by Crippen LogP contribution is -2.39. The summed E-state index contributed by atoms with van der Waals surface area (Å²) < 4.78 is 45.0. The van der Waals surface area contributed by atoms with Gasteiger partial charge in [0.2, 0.25) is 0 Å². The van der Waals surface area contributed by atoms with E-state index in [0.717, 1.165) is 19.6 Å². The molecule has 10 heteroatoms. The van der Waals surface area contributed by atoms with E-state index in [4.69, 9.17) is 4.74 Å². The van der Waals surface area contributed by atoms with Gasteiger partial charge in [0.1, 0.15) is 5.82 Å². The summed E-state index contributed by atoms with van der Waals surface area (Å²) in [6, 6.07) is 10.6. The van der Waals surface area contributed by atoms with Crippen LogP contribution < -0.4 is 4.90 Å². The lowest BCUT2D eigenvalue weighted by atomic mass is 10.2. The predicted molar refractivity (Wildman–Crippen MR) is 127 cm³/mol. The van der Waals surface area contributed by atoms with Gasteiger partial charge in [0, 0.05) is 26.2 Å². The van der Waals surface area contributed by atoms with E-state index < -0.39 is 15.7 Å². The lowest BCUT2D eigenvalue weighted by molar-refractivity contribution is 0.0376. The van der Waals surface area contributed by atoms with Crippen LogP contribution in [0.15, 0.2) is 47.4 Å². The van der Waals surface area contributed by atoms with Crippen molar-refractivity contribution in [1.82, 2.24) is 9.88 Å². The molecule has 1 aliphatic rings. The van der Waals surface area contributed by atoms with Gasteiger partial charge in [-0.15, -0.1) is 0 Å². The maximum absolute atomic E-state index is 13.7. The molecule has 176 valence electrons. The van der Waals surface area contributed by atoms with Crippen molar-refractivity contribution in [3.05, 3.63) is 53.8 Å². The van der Waals surface area contributed by atoms with Crippen LogP contribution in [0.2, 0.25) is 0 Å². The van der Waals surface area contributed by atoms with Gasteiger partial charge in [0.15, 0.2) is 15.0 Å². The molecule has 33 heavy (non-hydrogen) atoms. The highest BCUT2D eigenvalue weighted by molar-refractivity contribution is 7.91. The molecule has 2 heterocycles. The molecule has 1 aliphatic heterocycles. The van der Waals surface area contributed by atoms with Gasteiger partial charge in [-0.25, -0.2) is 17.8 Å². The molecule has 3 aromatic rings. The molecule has 1 fully saturated rings. The molecule has 7 nitrogen and oxygen atoms in total. The summed E-state index contributed by atoms with van der Waals surface area (Å²) in [6.45, 7) is 5.75. The first kappa shape index (κ1) is 23.7. The molecule has 0 bridgehead atoms. The molecule has 0 radical (unpaired) electrons. The maximum Gasteiger partial charge on any atom is 0.261 e. The van der Waals surface area contributed by atoms with Gasteiger partial charge in [0.25, 0.3) is 5.91 Å². The van der Waals surface area contributed by atoms with Crippen LogP contribution >= 0.6 is 11.3 Å². The summed E-state index contributed by atoms with van der Waals surface area (Å²) in [4.78, 5) is 22.0. The highest BCUT2D eigenvalue weighted by Crippen LogP contribution is 2.31. The number of ether oxygens (including phenoxy) is 1. The van der Waals surface area contributed by atoms with Crippen molar-refractivity contribution in [2.75, 3.05) is 50.0 Å². The van der Waals surface area contributed by atoms with Gasteiger partial charge < -0.3 is 4.74 Å². The zero-order valence-electron chi connectivity index (χ0n) is 18.4. The highest BCUT2D eigenvalue weighted by Gasteiger charge is 2.27. The molecule has 0 N–H and O–H groups in total. The van der Waals surface area contributed by atoms with Gasteiger partial charge in [-0.1, -0.05) is 30.4 Å². The van der Waals surface area contributed by atoms with Crippen LogP contribution in [0.3, 0.4) is 0 Å². The number of sulfone groups is 1. The van der Waals surface area contributed by atoms with Gasteiger partial charge in [0.05, 0.1) is 39.6 Å². The van der Waals surface area contributed by atoms with Crippen molar-refractivity contribution in [2.24, 2.45) is 0 Å². The van der Waals surface area contributed by atoms with E-state index in [0.29, 0.717) is 41.5 Å². The van der Waals surface area contributed by atoms with Crippen LogP contribution in [0.4, 0.5) is 9.52 Å². The summed E-state index contributed by atoms with van der Waals surface area (Å²) in [7, 11) is -3.59. The van der Waals surface area contributed by atoms with Crippen molar-refractivity contribution in [2.45, 2.75) is 18.2 Å². The molecule has 1 aromatic heterocycles. The number of anilines is 1. The summed E-state index contributed by atoms with van der Waals surface area (Å²) in [6.07, 6.45) is 0.679. The van der Waals surface area contributed by atoms with Crippen molar-refractivity contribution in [1.29, 1.82) is 0 Å². The van der Waals surface area contributed by atoms with Crippen LogP contribution in [0.5, 0.6) is 0 Å². The second kappa shape index (κ2) is 10.3. The van der Waals surface area contributed by atoms with E-state index in [-0.39, 0.29) is 22.0 Å². The molecular weight excluding hydrogens is 465 g/mol. The molecule has 2 aromatic carbocycles. The van der Waals surface area contributed by atoms with Gasteiger partial charge in [-0.2, -0.15) is 0 Å². The number of thiazole rings is 1. The Morgan fingerprint density at radius 2 is 1.97 bits per heavy atom. The first-order valence-corrected chi connectivity index (χ1v) is 13.4. The fourth-order valence-corrected chi connectivity index (χ4v) is 5.88. The summed E-state index contributed by atoms with van der Waals surface area (Å²) in [5.41, 5.74) is 0.716. The molecule has 1 saturated heterocycles. The zero-order valence-corrected chi connectivity index (χ0v) is 20.0. The largest absolute Gasteiger partial charge is 0.379 e. The minimum Gasteiger partial charge on any atom is -0.379 e. The first-order valence-electron chi connectivity index (χ1n) is 10.9. The van der Waals surface area contributed by atoms with Crippen molar-refractivity contribution in [3.63, 3.8) is 0 Å². The number of hydrogen-bond donors (Lipinski definition) is 0. The minimum atomic E-state index is -3.59. The molecule has 0 aliphatic carbocycles. The van der Waals surface area contributed by atoms with Gasteiger partial charge >= 0.3 is 0 Å². The monoisotopic (exact) mass is 491 g/mol. The average molecular weight is 492 g/mol. The Bertz CT molecular complexity index is 1240. The van der Waals surface area contributed by atoms with Crippen molar-refractivity contribution < 1.29 is 22.3 Å². The molecule has 4 rings (SSSR count). The molecular formula is C23H26FN3O4S2. The maximum atomic E-state index is 13.7. The topological polar surface area (TPSA) is 79.8 Å². The fraction of sp³-hybridized carbons (Fsp3) is 0.391. The Hall–Kier alpha value is -2.40. The number of morpholine rings is 1. The molecule has 0 atom stereocenters. The average Bonchev–Trinajstić information content (AvgIpc) is 3.25. The van der Waals surface area contributed by atoms with Gasteiger partial charge in [-0.05, 0) is 36.8 Å². The van der Waals surface area contributed by atoms with E-state index in [1.54, 1.807) is 25.1 Å². The molecule has 0 unspecified atom stereocenters. The van der Waals surface area contributed by atoms with Crippen molar-refractivity contribution in [3.8, 4) is 0 Å². The SMILES string of the molecule is CCS(=O)(=O)c1ccccc1C(=O)N(CCCN1CCOCC1)c1nc2ccc(F)cc2s1. The molecule has 0 spiro atoms. The Balaban J connectivity index is 1.66. The minimum absolute atomic E-state index is 0.0165. The predicted octanol–water partition coefficient (Wildman–Crippen LogP) is 3.60. The van der Waals surface area contributed by atoms with Crippen molar-refractivity contribution >= 4 is 42.4 Å². The van der Waals surface area contributed by atoms with E-state index in [2.05, 4.69) is 9.88 Å². The Labute approximate surface area is 196 Å². The smallest absolute Gasteiger partial charge is 0.261 e. The standard InChI is InChI=1S/C23H26FN3O4S2/c1-2-33(29,30)21-7-4-3-6-18(21)22(28)27(11-5-10-26-12-14-31-15-13-26)23-25-19-9-8-17(24)16-20(19)32-23/h3-4,6-9,16H,2,5,10-15H2,1H3. The number of carbonyl (C=O) groups is 1. The number of rotatable bonds is 8. The molecule has 1 amide bonds. The van der Waals surface area contributed by atoms with E-state index in [9.17, 15) is 17.6 Å². The normalized spacial score (nSPS) is 15.1. The summed E-state index contributed by atoms with van der Waals surface area (Å²) in [5, 5.41) is 0.422. The lowest BCUT2D eigenvalue weighted by Gasteiger charge is -2.28. The third-order valence-corrected chi connectivity index (χ3v) is 8.43. The number of nitrogens with zero attached hydrogens (tertiary/aromatic N) is 3. The number of halogens is 1. The van der Waals surface area contributed by atoms with Crippen LogP contribution in [-0.4, -0.2) is 69.4 Å². The van der Waals surface area contributed by atoms with Crippen LogP contribution in [0.25, 0.3) is 10.2 Å². The molecule has 0 saturated carbocycles. The number of fused-ring (bicyclic) bond motifs is 1. The number of carbonyl (C=O) groups excluding carboxylic acids is 1. The first-order chi connectivity index (χ1) is 15.9. The fourth-order valence-electron chi connectivity index (χ4n) is 3.78. The van der Waals surface area contributed by atoms with Crippen LogP contribution in [0, 0.1) is 5.82 Å². The number of amides is 1. The quantitative estimate of drug-likeness (QED) is 0.479.